The van der Waals surface area contributed by atoms with Crippen LogP contribution in [0, 0.1) is 13.8 Å². The molecule has 1 heterocycles. The van der Waals surface area contributed by atoms with Crippen LogP contribution in [0.2, 0.25) is 5.02 Å². The molecule has 1 atom stereocenters. The van der Waals surface area contributed by atoms with Gasteiger partial charge in [0.1, 0.15) is 11.3 Å². The molecule has 0 radical (unpaired) electrons. The molecule has 1 N–H and O–H groups in total. The van der Waals surface area contributed by atoms with Gasteiger partial charge in [0.15, 0.2) is 6.61 Å². The zero-order valence-electron chi connectivity index (χ0n) is 13.1. The highest BCUT2D eigenvalue weighted by molar-refractivity contribution is 6.30. The van der Waals surface area contributed by atoms with Crippen molar-refractivity contribution in [2.45, 2.75) is 26.8 Å². The van der Waals surface area contributed by atoms with Crippen LogP contribution in [0.3, 0.4) is 0 Å². The van der Waals surface area contributed by atoms with E-state index >= 15 is 0 Å². The molecule has 2 rings (SSSR count). The summed E-state index contributed by atoms with van der Waals surface area (Å²) < 4.78 is 9.89. The van der Waals surface area contributed by atoms with Gasteiger partial charge in [-0.2, -0.15) is 0 Å². The molecule has 0 aliphatic heterocycles. The van der Waals surface area contributed by atoms with E-state index in [2.05, 4.69) is 10.5 Å². The normalized spacial score (nSPS) is 11.8. The van der Waals surface area contributed by atoms with E-state index in [1.165, 1.54) is 0 Å². The van der Waals surface area contributed by atoms with Crippen LogP contribution in [0.25, 0.3) is 0 Å². The molecular weight excluding hydrogens is 320 g/mol. The summed E-state index contributed by atoms with van der Waals surface area (Å²) in [6, 6.07) is 6.93. The molecule has 23 heavy (non-hydrogen) atoms. The van der Waals surface area contributed by atoms with Crippen molar-refractivity contribution in [3.63, 3.8) is 0 Å². The van der Waals surface area contributed by atoms with Crippen LogP contribution in [0.5, 0.6) is 0 Å². The Bertz CT molecular complexity index is 707. The summed E-state index contributed by atoms with van der Waals surface area (Å²) in [6.07, 6.45) is 0. The largest absolute Gasteiger partial charge is 0.452 e. The van der Waals surface area contributed by atoms with Crippen LogP contribution >= 0.6 is 11.6 Å². The highest BCUT2D eigenvalue weighted by Gasteiger charge is 2.20. The number of ether oxygens (including phenoxy) is 1. The molecule has 2 aromatic rings. The molecule has 0 saturated heterocycles. The number of rotatable bonds is 5. The standard InChI is InChI=1S/C16H17ClN2O4/c1-9(12-5-4-6-13(17)7-12)18-14(20)8-22-16(21)15-10(2)19-23-11(15)3/h4-7,9H,8H2,1-3H3,(H,18,20). The number of halogens is 1. The van der Waals surface area contributed by atoms with Gasteiger partial charge in [0.05, 0.1) is 11.7 Å². The molecule has 0 fully saturated rings. The van der Waals surface area contributed by atoms with Gasteiger partial charge in [-0.15, -0.1) is 0 Å². The first-order chi connectivity index (χ1) is 10.9. The van der Waals surface area contributed by atoms with E-state index in [0.29, 0.717) is 16.5 Å². The lowest BCUT2D eigenvalue weighted by Crippen LogP contribution is -2.31. The zero-order chi connectivity index (χ0) is 17.0. The van der Waals surface area contributed by atoms with E-state index in [1.54, 1.807) is 32.0 Å². The Balaban J connectivity index is 1.89. The van der Waals surface area contributed by atoms with E-state index in [1.807, 2.05) is 13.0 Å². The summed E-state index contributed by atoms with van der Waals surface area (Å²) in [5.41, 5.74) is 1.55. The summed E-state index contributed by atoms with van der Waals surface area (Å²) in [5.74, 6) is -0.676. The fourth-order valence-corrected chi connectivity index (χ4v) is 2.32. The van der Waals surface area contributed by atoms with Crippen molar-refractivity contribution in [3.8, 4) is 0 Å². The summed E-state index contributed by atoms with van der Waals surface area (Å²) in [6.45, 7) is 4.68. The Morgan fingerprint density at radius 2 is 2.13 bits per heavy atom. The van der Waals surface area contributed by atoms with Gasteiger partial charge in [-0.05, 0) is 38.5 Å². The number of aryl methyl sites for hydroxylation is 2. The van der Waals surface area contributed by atoms with Crippen molar-refractivity contribution in [1.82, 2.24) is 10.5 Å². The number of amides is 1. The summed E-state index contributed by atoms with van der Waals surface area (Å²) in [5, 5.41) is 7.00. The minimum absolute atomic E-state index is 0.251. The molecule has 0 aliphatic carbocycles. The van der Waals surface area contributed by atoms with Gasteiger partial charge in [0.2, 0.25) is 0 Å². The lowest BCUT2D eigenvalue weighted by atomic mass is 10.1. The first kappa shape index (κ1) is 17.0. The van der Waals surface area contributed by atoms with Crippen LogP contribution in [-0.2, 0) is 9.53 Å². The molecule has 6 nitrogen and oxygen atoms in total. The van der Waals surface area contributed by atoms with Gasteiger partial charge < -0.3 is 14.6 Å². The molecule has 1 aromatic heterocycles. The average Bonchev–Trinajstić information content (AvgIpc) is 2.84. The van der Waals surface area contributed by atoms with E-state index in [9.17, 15) is 9.59 Å². The number of hydrogen-bond donors (Lipinski definition) is 1. The van der Waals surface area contributed by atoms with Gasteiger partial charge in [0.25, 0.3) is 5.91 Å². The van der Waals surface area contributed by atoms with Crippen molar-refractivity contribution in [2.75, 3.05) is 6.61 Å². The van der Waals surface area contributed by atoms with Crippen LogP contribution in [0.15, 0.2) is 28.8 Å². The second-order valence-electron chi connectivity index (χ2n) is 5.12. The Labute approximate surface area is 138 Å². The molecule has 1 unspecified atom stereocenters. The minimum atomic E-state index is -0.633. The lowest BCUT2D eigenvalue weighted by Gasteiger charge is -2.14. The predicted molar refractivity (Wildman–Crippen MR) is 84.3 cm³/mol. The Hall–Kier alpha value is -2.34. The van der Waals surface area contributed by atoms with Crippen LogP contribution in [0.1, 0.15) is 40.3 Å². The first-order valence-corrected chi connectivity index (χ1v) is 7.41. The van der Waals surface area contributed by atoms with Crippen LogP contribution < -0.4 is 5.32 Å². The lowest BCUT2D eigenvalue weighted by molar-refractivity contribution is -0.124. The van der Waals surface area contributed by atoms with Crippen LogP contribution in [-0.4, -0.2) is 23.6 Å². The van der Waals surface area contributed by atoms with Gasteiger partial charge in [-0.1, -0.05) is 28.9 Å². The predicted octanol–water partition coefficient (Wildman–Crippen LogP) is 2.98. The second-order valence-corrected chi connectivity index (χ2v) is 5.56. The summed E-state index contributed by atoms with van der Waals surface area (Å²) in [7, 11) is 0. The molecule has 0 bridgehead atoms. The van der Waals surface area contributed by atoms with Gasteiger partial charge in [-0.3, -0.25) is 4.79 Å². The van der Waals surface area contributed by atoms with Gasteiger partial charge in [0, 0.05) is 5.02 Å². The number of hydrogen-bond acceptors (Lipinski definition) is 5. The zero-order valence-corrected chi connectivity index (χ0v) is 13.8. The minimum Gasteiger partial charge on any atom is -0.452 e. The third-order valence-electron chi connectivity index (χ3n) is 3.30. The quantitative estimate of drug-likeness (QED) is 0.849. The SMILES string of the molecule is Cc1noc(C)c1C(=O)OCC(=O)NC(C)c1cccc(Cl)c1. The average molecular weight is 337 g/mol. The Morgan fingerprint density at radius 1 is 1.39 bits per heavy atom. The number of carbonyl (C=O) groups is 2. The topological polar surface area (TPSA) is 81.4 Å². The Kier molecular flexibility index (Phi) is 5.39. The number of nitrogens with zero attached hydrogens (tertiary/aromatic N) is 1. The molecule has 0 aliphatic rings. The van der Waals surface area contributed by atoms with Crippen molar-refractivity contribution >= 4 is 23.5 Å². The molecule has 0 saturated carbocycles. The number of nitrogens with one attached hydrogen (secondary N) is 1. The molecule has 7 heteroatoms. The van der Waals surface area contributed by atoms with E-state index in [0.717, 1.165) is 5.56 Å². The molecular formula is C16H17ClN2O4. The number of aromatic nitrogens is 1. The van der Waals surface area contributed by atoms with E-state index < -0.39 is 11.9 Å². The maximum absolute atomic E-state index is 11.9. The first-order valence-electron chi connectivity index (χ1n) is 7.03. The molecule has 122 valence electrons. The number of carbonyl (C=O) groups excluding carboxylic acids is 2. The Morgan fingerprint density at radius 3 is 2.74 bits per heavy atom. The smallest absolute Gasteiger partial charge is 0.344 e. The van der Waals surface area contributed by atoms with Crippen molar-refractivity contribution in [2.24, 2.45) is 0 Å². The van der Waals surface area contributed by atoms with Crippen molar-refractivity contribution in [3.05, 3.63) is 51.9 Å². The highest BCUT2D eigenvalue weighted by atomic mass is 35.5. The summed E-state index contributed by atoms with van der Waals surface area (Å²) in [4.78, 5) is 23.8. The van der Waals surface area contributed by atoms with Crippen molar-refractivity contribution in [1.29, 1.82) is 0 Å². The van der Waals surface area contributed by atoms with E-state index in [-0.39, 0.29) is 18.2 Å². The maximum atomic E-state index is 11.9. The fraction of sp³-hybridized carbons (Fsp3) is 0.312. The van der Waals surface area contributed by atoms with Crippen molar-refractivity contribution < 1.29 is 18.8 Å². The van der Waals surface area contributed by atoms with E-state index in [4.69, 9.17) is 20.9 Å². The molecule has 1 aromatic carbocycles. The van der Waals surface area contributed by atoms with Crippen LogP contribution in [0.4, 0.5) is 0 Å². The monoisotopic (exact) mass is 336 g/mol. The van der Waals surface area contributed by atoms with Gasteiger partial charge in [-0.25, -0.2) is 4.79 Å². The number of benzene rings is 1. The maximum Gasteiger partial charge on any atom is 0.344 e. The third-order valence-corrected chi connectivity index (χ3v) is 3.53. The highest BCUT2D eigenvalue weighted by Crippen LogP contribution is 2.17. The van der Waals surface area contributed by atoms with Gasteiger partial charge >= 0.3 is 5.97 Å². The third kappa shape index (κ3) is 4.32. The molecule has 0 spiro atoms. The molecule has 1 amide bonds. The second kappa shape index (κ2) is 7.28. The fourth-order valence-electron chi connectivity index (χ4n) is 2.12. The number of esters is 1. The summed E-state index contributed by atoms with van der Waals surface area (Å²) >= 11 is 5.92.